The van der Waals surface area contributed by atoms with Crippen molar-refractivity contribution in [2.75, 3.05) is 13.2 Å². The normalized spacial score (nSPS) is 13.2. The van der Waals surface area contributed by atoms with Gasteiger partial charge in [-0.2, -0.15) is 0 Å². The highest BCUT2D eigenvalue weighted by molar-refractivity contribution is 7.10. The number of nitrogens with one attached hydrogen (secondary N) is 1. The maximum Gasteiger partial charge on any atom is 0.0468 e. The van der Waals surface area contributed by atoms with Crippen molar-refractivity contribution in [2.24, 2.45) is 5.92 Å². The Hall–Kier alpha value is -0.380. The van der Waals surface area contributed by atoms with Gasteiger partial charge >= 0.3 is 0 Å². The van der Waals surface area contributed by atoms with Crippen LogP contribution in [-0.2, 0) is 6.54 Å². The predicted octanol–water partition coefficient (Wildman–Crippen LogP) is 1.77. The lowest BCUT2D eigenvalue weighted by Crippen LogP contribution is -2.22. The smallest absolute Gasteiger partial charge is 0.0468 e. The quantitative estimate of drug-likeness (QED) is 0.757. The summed E-state index contributed by atoms with van der Waals surface area (Å²) in [6.45, 7) is 6.23. The predicted molar refractivity (Wildman–Crippen MR) is 57.0 cm³/mol. The fourth-order valence-corrected chi connectivity index (χ4v) is 1.96. The van der Waals surface area contributed by atoms with E-state index in [1.807, 2.05) is 6.92 Å². The average Bonchev–Trinajstić information content (AvgIpc) is 2.52. The van der Waals surface area contributed by atoms with Gasteiger partial charge < -0.3 is 10.4 Å². The molecule has 0 spiro atoms. The van der Waals surface area contributed by atoms with Gasteiger partial charge in [0.25, 0.3) is 0 Å². The van der Waals surface area contributed by atoms with E-state index in [4.69, 9.17) is 5.11 Å². The lowest BCUT2D eigenvalue weighted by atomic mass is 10.2. The van der Waals surface area contributed by atoms with Gasteiger partial charge in [-0.3, -0.25) is 0 Å². The molecule has 0 aromatic carbocycles. The molecule has 0 fully saturated rings. The summed E-state index contributed by atoms with van der Waals surface area (Å²) in [6, 6.07) is 2.14. The van der Waals surface area contributed by atoms with Gasteiger partial charge in [0.2, 0.25) is 0 Å². The molecule has 0 amide bonds. The third kappa shape index (κ3) is 3.46. The Kier molecular flexibility index (Phi) is 4.42. The first-order chi connectivity index (χ1) is 6.24. The van der Waals surface area contributed by atoms with Crippen LogP contribution in [0.4, 0.5) is 0 Å². The lowest BCUT2D eigenvalue weighted by Gasteiger charge is -2.08. The van der Waals surface area contributed by atoms with Crippen LogP contribution >= 0.6 is 11.3 Å². The molecule has 0 saturated heterocycles. The number of aliphatic hydroxyl groups is 1. The van der Waals surface area contributed by atoms with E-state index < -0.39 is 0 Å². The van der Waals surface area contributed by atoms with Crippen molar-refractivity contribution in [3.8, 4) is 0 Å². The minimum absolute atomic E-state index is 0.260. The Balaban J connectivity index is 2.24. The zero-order chi connectivity index (χ0) is 9.68. The van der Waals surface area contributed by atoms with E-state index in [0.717, 1.165) is 13.1 Å². The van der Waals surface area contributed by atoms with Gasteiger partial charge in [0.15, 0.2) is 0 Å². The first kappa shape index (κ1) is 10.7. The van der Waals surface area contributed by atoms with Crippen molar-refractivity contribution in [1.82, 2.24) is 5.32 Å². The Labute approximate surface area is 83.6 Å². The van der Waals surface area contributed by atoms with Crippen LogP contribution in [0.3, 0.4) is 0 Å². The number of thiophene rings is 1. The van der Waals surface area contributed by atoms with E-state index in [9.17, 15) is 0 Å². The summed E-state index contributed by atoms with van der Waals surface area (Å²) in [5, 5.41) is 14.3. The van der Waals surface area contributed by atoms with Crippen LogP contribution < -0.4 is 5.32 Å². The van der Waals surface area contributed by atoms with Crippen LogP contribution in [0.1, 0.15) is 17.4 Å². The molecule has 3 heteroatoms. The van der Waals surface area contributed by atoms with Crippen LogP contribution in [0.2, 0.25) is 0 Å². The molecular weight excluding hydrogens is 182 g/mol. The largest absolute Gasteiger partial charge is 0.396 e. The number of aliphatic hydroxyl groups excluding tert-OH is 1. The molecule has 0 aliphatic heterocycles. The van der Waals surface area contributed by atoms with Crippen LogP contribution in [0.15, 0.2) is 11.4 Å². The topological polar surface area (TPSA) is 32.3 Å². The van der Waals surface area contributed by atoms with Gasteiger partial charge in [-0.05, 0) is 29.9 Å². The molecule has 1 aromatic rings. The van der Waals surface area contributed by atoms with E-state index in [0.29, 0.717) is 5.92 Å². The molecule has 1 aromatic heterocycles. The summed E-state index contributed by atoms with van der Waals surface area (Å²) < 4.78 is 0. The van der Waals surface area contributed by atoms with E-state index in [2.05, 4.69) is 23.7 Å². The molecule has 0 aliphatic rings. The summed E-state index contributed by atoms with van der Waals surface area (Å²) in [5.41, 5.74) is 1.36. The molecule has 2 nitrogen and oxygen atoms in total. The van der Waals surface area contributed by atoms with Crippen molar-refractivity contribution in [3.63, 3.8) is 0 Å². The molecule has 0 aliphatic carbocycles. The molecule has 13 heavy (non-hydrogen) atoms. The molecule has 0 bridgehead atoms. The first-order valence-electron chi connectivity index (χ1n) is 4.58. The summed E-state index contributed by atoms with van der Waals surface area (Å²) in [7, 11) is 0. The number of rotatable bonds is 5. The molecule has 2 N–H and O–H groups in total. The SMILES string of the molecule is Cc1ccsc1CNCC(C)CO. The molecule has 74 valence electrons. The molecule has 1 unspecified atom stereocenters. The van der Waals surface area contributed by atoms with Crippen LogP contribution in [0.25, 0.3) is 0 Å². The summed E-state index contributed by atoms with van der Waals surface area (Å²) >= 11 is 1.78. The Bertz CT molecular complexity index is 247. The lowest BCUT2D eigenvalue weighted by molar-refractivity contribution is 0.233. The van der Waals surface area contributed by atoms with Crippen LogP contribution in [-0.4, -0.2) is 18.3 Å². The molecule has 0 saturated carbocycles. The fraction of sp³-hybridized carbons (Fsp3) is 0.600. The van der Waals surface area contributed by atoms with Gasteiger partial charge in [0, 0.05) is 24.6 Å². The number of hydrogen-bond acceptors (Lipinski definition) is 3. The molecule has 1 atom stereocenters. The second kappa shape index (κ2) is 5.37. The Morgan fingerprint density at radius 3 is 2.92 bits per heavy atom. The highest BCUT2D eigenvalue weighted by Gasteiger charge is 2.01. The molecule has 1 rings (SSSR count). The third-order valence-electron chi connectivity index (χ3n) is 2.06. The van der Waals surface area contributed by atoms with Gasteiger partial charge in [-0.1, -0.05) is 6.92 Å². The van der Waals surface area contributed by atoms with Crippen molar-refractivity contribution in [2.45, 2.75) is 20.4 Å². The maximum absolute atomic E-state index is 8.81. The molecule has 0 radical (unpaired) electrons. The average molecular weight is 199 g/mol. The molecule has 1 heterocycles. The number of aryl methyl sites for hydroxylation is 1. The standard InChI is InChI=1S/C10H17NOS/c1-8(7-12)5-11-6-10-9(2)3-4-13-10/h3-4,8,11-12H,5-7H2,1-2H3. The van der Waals surface area contributed by atoms with Crippen LogP contribution in [0, 0.1) is 12.8 Å². The second-order valence-electron chi connectivity index (χ2n) is 3.45. The van der Waals surface area contributed by atoms with Crippen molar-refractivity contribution in [1.29, 1.82) is 0 Å². The van der Waals surface area contributed by atoms with Gasteiger partial charge in [0.1, 0.15) is 0 Å². The first-order valence-corrected chi connectivity index (χ1v) is 5.46. The van der Waals surface area contributed by atoms with E-state index in [1.54, 1.807) is 11.3 Å². The maximum atomic E-state index is 8.81. The minimum Gasteiger partial charge on any atom is -0.396 e. The summed E-state index contributed by atoms with van der Waals surface area (Å²) in [6.07, 6.45) is 0. The molecular formula is C10H17NOS. The van der Waals surface area contributed by atoms with Gasteiger partial charge in [-0.25, -0.2) is 0 Å². The van der Waals surface area contributed by atoms with E-state index >= 15 is 0 Å². The Morgan fingerprint density at radius 1 is 1.62 bits per heavy atom. The third-order valence-corrected chi connectivity index (χ3v) is 3.08. The fourth-order valence-electron chi connectivity index (χ4n) is 1.08. The van der Waals surface area contributed by atoms with Crippen molar-refractivity contribution in [3.05, 3.63) is 21.9 Å². The van der Waals surface area contributed by atoms with Crippen molar-refractivity contribution < 1.29 is 5.11 Å². The monoisotopic (exact) mass is 199 g/mol. The van der Waals surface area contributed by atoms with E-state index in [1.165, 1.54) is 10.4 Å². The zero-order valence-electron chi connectivity index (χ0n) is 8.21. The highest BCUT2D eigenvalue weighted by atomic mass is 32.1. The van der Waals surface area contributed by atoms with Gasteiger partial charge in [-0.15, -0.1) is 11.3 Å². The second-order valence-corrected chi connectivity index (χ2v) is 4.45. The highest BCUT2D eigenvalue weighted by Crippen LogP contribution is 2.14. The van der Waals surface area contributed by atoms with Crippen LogP contribution in [0.5, 0.6) is 0 Å². The van der Waals surface area contributed by atoms with E-state index in [-0.39, 0.29) is 6.61 Å². The minimum atomic E-state index is 0.260. The summed E-state index contributed by atoms with van der Waals surface area (Å²) in [5.74, 6) is 0.347. The Morgan fingerprint density at radius 2 is 2.38 bits per heavy atom. The van der Waals surface area contributed by atoms with Gasteiger partial charge in [0.05, 0.1) is 0 Å². The summed E-state index contributed by atoms with van der Waals surface area (Å²) in [4.78, 5) is 1.39. The van der Waals surface area contributed by atoms with Crippen molar-refractivity contribution >= 4 is 11.3 Å². The zero-order valence-corrected chi connectivity index (χ0v) is 9.03. The number of hydrogen-bond donors (Lipinski definition) is 2.